The molecule has 1 atom stereocenters. The quantitative estimate of drug-likeness (QED) is 0.910. The molecule has 0 spiro atoms. The monoisotopic (exact) mass is 321 g/mol. The summed E-state index contributed by atoms with van der Waals surface area (Å²) in [5.74, 6) is 0. The van der Waals surface area contributed by atoms with Crippen molar-refractivity contribution in [1.82, 2.24) is 15.1 Å². The van der Waals surface area contributed by atoms with Gasteiger partial charge in [0, 0.05) is 17.2 Å². The molecule has 0 bridgehead atoms. The van der Waals surface area contributed by atoms with Gasteiger partial charge in [0.25, 0.3) is 0 Å². The van der Waals surface area contributed by atoms with Crippen molar-refractivity contribution in [3.63, 3.8) is 0 Å². The van der Waals surface area contributed by atoms with E-state index in [1.165, 1.54) is 21.3 Å². The highest BCUT2D eigenvalue weighted by Gasteiger charge is 2.19. The van der Waals surface area contributed by atoms with Gasteiger partial charge in [0.2, 0.25) is 0 Å². The molecular formula is C15H20BrN3. The summed E-state index contributed by atoms with van der Waals surface area (Å²) >= 11 is 3.71. The predicted octanol–water partition coefficient (Wildman–Crippen LogP) is 3.67. The fraction of sp³-hybridized carbons (Fsp3) is 0.400. The first-order chi connectivity index (χ1) is 9.19. The Kier molecular flexibility index (Phi) is 4.77. The molecule has 0 fully saturated rings. The van der Waals surface area contributed by atoms with Crippen molar-refractivity contribution < 1.29 is 0 Å². The molecule has 0 amide bonds. The van der Waals surface area contributed by atoms with E-state index in [1.807, 2.05) is 10.9 Å². The fourth-order valence-corrected chi connectivity index (χ4v) is 2.82. The van der Waals surface area contributed by atoms with Crippen molar-refractivity contribution >= 4 is 15.9 Å². The lowest BCUT2D eigenvalue weighted by molar-refractivity contribution is 0.541. The van der Waals surface area contributed by atoms with Gasteiger partial charge in [0.15, 0.2) is 0 Å². The molecule has 1 aromatic carbocycles. The first-order valence-electron chi connectivity index (χ1n) is 6.69. The standard InChI is InChI=1S/C15H20BrN3/c1-4-17-15(13-9-10-18-19(13)5-2)12-8-6-7-11(3)14(12)16/h6-10,15,17H,4-5H2,1-3H3. The zero-order valence-corrected chi connectivity index (χ0v) is 13.2. The Hall–Kier alpha value is -1.13. The largest absolute Gasteiger partial charge is 0.305 e. The van der Waals surface area contributed by atoms with Crippen LogP contribution in [0.15, 0.2) is 34.9 Å². The maximum atomic E-state index is 4.38. The van der Waals surface area contributed by atoms with Crippen LogP contribution in [0, 0.1) is 6.92 Å². The van der Waals surface area contributed by atoms with E-state index in [4.69, 9.17) is 0 Å². The minimum absolute atomic E-state index is 0.168. The normalized spacial score (nSPS) is 12.6. The molecule has 0 saturated carbocycles. The number of aromatic nitrogens is 2. The summed E-state index contributed by atoms with van der Waals surface area (Å²) in [4.78, 5) is 0. The predicted molar refractivity (Wildman–Crippen MR) is 82.3 cm³/mol. The van der Waals surface area contributed by atoms with E-state index in [0.29, 0.717) is 0 Å². The zero-order chi connectivity index (χ0) is 13.8. The number of hydrogen-bond acceptors (Lipinski definition) is 2. The van der Waals surface area contributed by atoms with Gasteiger partial charge >= 0.3 is 0 Å². The van der Waals surface area contributed by atoms with Crippen LogP contribution in [0.5, 0.6) is 0 Å². The van der Waals surface area contributed by atoms with Gasteiger partial charge in [-0.25, -0.2) is 0 Å². The van der Waals surface area contributed by atoms with Crippen molar-refractivity contribution in [1.29, 1.82) is 0 Å². The first-order valence-corrected chi connectivity index (χ1v) is 7.48. The van der Waals surface area contributed by atoms with Gasteiger partial charge in [-0.05, 0) is 37.6 Å². The summed E-state index contributed by atoms with van der Waals surface area (Å²) in [5, 5.41) is 7.93. The highest BCUT2D eigenvalue weighted by atomic mass is 79.9. The molecule has 19 heavy (non-hydrogen) atoms. The van der Waals surface area contributed by atoms with E-state index in [-0.39, 0.29) is 6.04 Å². The highest BCUT2D eigenvalue weighted by Crippen LogP contribution is 2.30. The molecule has 1 aromatic heterocycles. The van der Waals surface area contributed by atoms with Crippen LogP contribution in [-0.4, -0.2) is 16.3 Å². The van der Waals surface area contributed by atoms with Gasteiger partial charge in [-0.2, -0.15) is 5.10 Å². The van der Waals surface area contributed by atoms with Gasteiger partial charge in [-0.1, -0.05) is 41.1 Å². The number of halogens is 1. The second kappa shape index (κ2) is 6.35. The number of rotatable bonds is 5. The van der Waals surface area contributed by atoms with Gasteiger partial charge < -0.3 is 5.32 Å². The smallest absolute Gasteiger partial charge is 0.0759 e. The van der Waals surface area contributed by atoms with E-state index in [2.05, 4.69) is 71.4 Å². The van der Waals surface area contributed by atoms with Crippen LogP contribution in [0.3, 0.4) is 0 Å². The molecule has 3 nitrogen and oxygen atoms in total. The number of nitrogens with zero attached hydrogens (tertiary/aromatic N) is 2. The molecule has 1 heterocycles. The third-order valence-corrected chi connectivity index (χ3v) is 4.37. The summed E-state index contributed by atoms with van der Waals surface area (Å²) in [6, 6.07) is 8.64. The van der Waals surface area contributed by atoms with Crippen LogP contribution >= 0.6 is 15.9 Å². The first kappa shape index (κ1) is 14.3. The summed E-state index contributed by atoms with van der Waals surface area (Å²) in [7, 11) is 0. The minimum atomic E-state index is 0.168. The van der Waals surface area contributed by atoms with E-state index < -0.39 is 0 Å². The number of benzene rings is 1. The molecule has 102 valence electrons. The van der Waals surface area contributed by atoms with Crippen LogP contribution in [0.1, 0.15) is 36.7 Å². The van der Waals surface area contributed by atoms with Gasteiger partial charge in [-0.15, -0.1) is 0 Å². The molecule has 0 radical (unpaired) electrons. The fourth-order valence-electron chi connectivity index (χ4n) is 2.32. The number of nitrogens with one attached hydrogen (secondary N) is 1. The third-order valence-electron chi connectivity index (χ3n) is 3.29. The molecule has 1 unspecified atom stereocenters. The van der Waals surface area contributed by atoms with Gasteiger partial charge in [0.1, 0.15) is 0 Å². The van der Waals surface area contributed by atoms with Gasteiger partial charge in [0.05, 0.1) is 11.7 Å². The highest BCUT2D eigenvalue weighted by molar-refractivity contribution is 9.10. The maximum Gasteiger partial charge on any atom is 0.0759 e. The van der Waals surface area contributed by atoms with E-state index >= 15 is 0 Å². The Balaban J connectivity index is 2.48. The van der Waals surface area contributed by atoms with Crippen LogP contribution in [0.4, 0.5) is 0 Å². The zero-order valence-electron chi connectivity index (χ0n) is 11.7. The van der Waals surface area contributed by atoms with Crippen molar-refractivity contribution in [2.45, 2.75) is 33.4 Å². The SMILES string of the molecule is CCNC(c1cccc(C)c1Br)c1ccnn1CC. The Morgan fingerprint density at radius 3 is 2.79 bits per heavy atom. The molecule has 0 saturated heterocycles. The molecule has 0 aliphatic carbocycles. The lowest BCUT2D eigenvalue weighted by Crippen LogP contribution is -2.25. The number of aryl methyl sites for hydroxylation is 2. The lowest BCUT2D eigenvalue weighted by atomic mass is 10.0. The summed E-state index contributed by atoms with van der Waals surface area (Å²) < 4.78 is 3.21. The van der Waals surface area contributed by atoms with Crippen LogP contribution in [0.25, 0.3) is 0 Å². The van der Waals surface area contributed by atoms with Crippen molar-refractivity contribution in [2.75, 3.05) is 6.54 Å². The van der Waals surface area contributed by atoms with E-state index in [9.17, 15) is 0 Å². The third kappa shape index (κ3) is 2.90. The summed E-state index contributed by atoms with van der Waals surface area (Å²) in [6.07, 6.45) is 1.87. The maximum absolute atomic E-state index is 4.38. The van der Waals surface area contributed by atoms with Gasteiger partial charge in [-0.3, -0.25) is 4.68 Å². The molecule has 2 aromatic rings. The average Bonchev–Trinajstić information content (AvgIpc) is 2.88. The van der Waals surface area contributed by atoms with Crippen molar-refractivity contribution in [3.05, 3.63) is 51.8 Å². The van der Waals surface area contributed by atoms with Crippen LogP contribution < -0.4 is 5.32 Å². The Labute approximate surface area is 123 Å². The molecule has 4 heteroatoms. The molecule has 0 aliphatic rings. The molecular weight excluding hydrogens is 302 g/mol. The molecule has 2 rings (SSSR count). The topological polar surface area (TPSA) is 29.9 Å². The second-order valence-electron chi connectivity index (χ2n) is 4.54. The summed E-state index contributed by atoms with van der Waals surface area (Å²) in [6.45, 7) is 8.16. The summed E-state index contributed by atoms with van der Waals surface area (Å²) in [5.41, 5.74) is 3.72. The van der Waals surface area contributed by atoms with E-state index in [1.54, 1.807) is 0 Å². The van der Waals surface area contributed by atoms with Crippen molar-refractivity contribution in [3.8, 4) is 0 Å². The Morgan fingerprint density at radius 2 is 2.11 bits per heavy atom. The minimum Gasteiger partial charge on any atom is -0.305 e. The van der Waals surface area contributed by atoms with Crippen LogP contribution in [0.2, 0.25) is 0 Å². The molecule has 1 N–H and O–H groups in total. The molecule has 0 aliphatic heterocycles. The number of hydrogen-bond donors (Lipinski definition) is 1. The Bertz CT molecular complexity index is 548. The lowest BCUT2D eigenvalue weighted by Gasteiger charge is -2.21. The average molecular weight is 322 g/mol. The van der Waals surface area contributed by atoms with Crippen molar-refractivity contribution in [2.24, 2.45) is 0 Å². The second-order valence-corrected chi connectivity index (χ2v) is 5.33. The van der Waals surface area contributed by atoms with Crippen LogP contribution in [-0.2, 0) is 6.54 Å². The Morgan fingerprint density at radius 1 is 1.32 bits per heavy atom. The van der Waals surface area contributed by atoms with E-state index in [0.717, 1.165) is 13.1 Å².